The van der Waals surface area contributed by atoms with Crippen LogP contribution in [0.15, 0.2) is 16.7 Å². The van der Waals surface area contributed by atoms with Gasteiger partial charge in [-0.3, -0.25) is 4.79 Å². The fourth-order valence-electron chi connectivity index (χ4n) is 1.03. The molecule has 0 aromatic carbocycles. The number of carbonyl (C=O) groups is 1. The number of H-pyrrole nitrogens is 1. The maximum Gasteiger partial charge on any atom is 0.267 e. The van der Waals surface area contributed by atoms with Crippen molar-refractivity contribution in [2.75, 3.05) is 13.2 Å². The van der Waals surface area contributed by atoms with Crippen molar-refractivity contribution in [2.24, 2.45) is 0 Å². The number of carbonyl (C=O) groups excluding carboxylic acids is 1. The molecule has 0 saturated heterocycles. The monoisotopic (exact) mass is 260 g/mol. The Morgan fingerprint density at radius 2 is 2.36 bits per heavy atom. The molecule has 1 rings (SSSR count). The molecule has 0 aliphatic carbocycles. The molecule has 0 aliphatic heterocycles. The lowest BCUT2D eigenvalue weighted by Gasteiger charge is -2.01. The number of aliphatic hydroxyl groups is 1. The molecule has 0 atom stereocenters. The molecule has 1 aromatic heterocycles. The van der Waals surface area contributed by atoms with Crippen LogP contribution in [0.2, 0.25) is 0 Å². The minimum Gasteiger partial charge on any atom is -0.396 e. The van der Waals surface area contributed by atoms with Crippen LogP contribution < -0.4 is 5.32 Å². The van der Waals surface area contributed by atoms with Crippen LogP contribution in [0.5, 0.6) is 0 Å². The fraction of sp³-hybridized carbons (Fsp3) is 0.444. The Morgan fingerprint density at radius 1 is 1.57 bits per heavy atom. The Hall–Kier alpha value is -0.810. The van der Waals surface area contributed by atoms with E-state index in [1.54, 1.807) is 12.3 Å². The van der Waals surface area contributed by atoms with Crippen molar-refractivity contribution in [1.82, 2.24) is 10.3 Å². The first-order valence-electron chi connectivity index (χ1n) is 4.47. The van der Waals surface area contributed by atoms with Crippen LogP contribution >= 0.6 is 15.9 Å². The molecule has 0 radical (unpaired) electrons. The summed E-state index contributed by atoms with van der Waals surface area (Å²) in [5.41, 5.74) is 0.542. The Labute approximate surface area is 90.8 Å². The first-order valence-corrected chi connectivity index (χ1v) is 5.26. The number of rotatable bonds is 5. The van der Waals surface area contributed by atoms with E-state index in [4.69, 9.17) is 5.11 Å². The second-order valence-corrected chi connectivity index (χ2v) is 3.83. The van der Waals surface area contributed by atoms with Crippen LogP contribution in [0.1, 0.15) is 23.3 Å². The van der Waals surface area contributed by atoms with Crippen molar-refractivity contribution in [3.63, 3.8) is 0 Å². The van der Waals surface area contributed by atoms with Gasteiger partial charge < -0.3 is 15.4 Å². The summed E-state index contributed by atoms with van der Waals surface area (Å²) in [6, 6.07) is 1.72. The Balaban J connectivity index is 2.29. The summed E-state index contributed by atoms with van der Waals surface area (Å²) in [5, 5.41) is 11.3. The zero-order chi connectivity index (χ0) is 10.4. The highest BCUT2D eigenvalue weighted by Crippen LogP contribution is 2.10. The lowest BCUT2D eigenvalue weighted by atomic mass is 10.3. The molecule has 0 bridgehead atoms. The second-order valence-electron chi connectivity index (χ2n) is 2.92. The van der Waals surface area contributed by atoms with Gasteiger partial charge in [0.1, 0.15) is 5.69 Å². The first kappa shape index (κ1) is 11.3. The van der Waals surface area contributed by atoms with Crippen molar-refractivity contribution in [1.29, 1.82) is 0 Å². The molecule has 0 saturated carbocycles. The standard InChI is InChI=1S/C9H13BrN2O2/c10-7-5-8(12-6-7)9(14)11-3-1-2-4-13/h5-6,12-13H,1-4H2,(H,11,14). The highest BCUT2D eigenvalue weighted by Gasteiger charge is 2.05. The summed E-state index contributed by atoms with van der Waals surface area (Å²) in [5.74, 6) is -0.117. The van der Waals surface area contributed by atoms with E-state index in [-0.39, 0.29) is 12.5 Å². The maximum atomic E-state index is 11.4. The Bertz CT molecular complexity index is 299. The van der Waals surface area contributed by atoms with Gasteiger partial charge in [0.2, 0.25) is 0 Å². The van der Waals surface area contributed by atoms with E-state index in [0.29, 0.717) is 18.7 Å². The molecule has 1 amide bonds. The molecule has 5 heteroatoms. The summed E-state index contributed by atoms with van der Waals surface area (Å²) < 4.78 is 0.859. The molecule has 78 valence electrons. The van der Waals surface area contributed by atoms with E-state index in [9.17, 15) is 4.79 Å². The largest absolute Gasteiger partial charge is 0.396 e. The summed E-state index contributed by atoms with van der Waals surface area (Å²) in [4.78, 5) is 14.2. The van der Waals surface area contributed by atoms with Crippen LogP contribution in [0.4, 0.5) is 0 Å². The minimum atomic E-state index is -0.117. The third-order valence-corrected chi connectivity index (χ3v) is 2.22. The summed E-state index contributed by atoms with van der Waals surface area (Å²) in [6.45, 7) is 0.764. The smallest absolute Gasteiger partial charge is 0.267 e. The van der Waals surface area contributed by atoms with E-state index in [2.05, 4.69) is 26.2 Å². The van der Waals surface area contributed by atoms with E-state index in [1.807, 2.05) is 0 Å². The number of unbranched alkanes of at least 4 members (excludes halogenated alkanes) is 1. The highest BCUT2D eigenvalue weighted by molar-refractivity contribution is 9.10. The molecule has 0 fully saturated rings. The fourth-order valence-corrected chi connectivity index (χ4v) is 1.38. The van der Waals surface area contributed by atoms with Crippen LogP contribution in [0.3, 0.4) is 0 Å². The summed E-state index contributed by atoms with van der Waals surface area (Å²) in [7, 11) is 0. The predicted molar refractivity (Wildman–Crippen MR) is 57.1 cm³/mol. The van der Waals surface area contributed by atoms with Gasteiger partial charge in [-0.15, -0.1) is 0 Å². The van der Waals surface area contributed by atoms with Crippen LogP contribution in [0.25, 0.3) is 0 Å². The average Bonchev–Trinajstić information content (AvgIpc) is 2.59. The second kappa shape index (κ2) is 5.82. The number of halogens is 1. The Morgan fingerprint density at radius 3 is 2.93 bits per heavy atom. The van der Waals surface area contributed by atoms with Gasteiger partial charge in [0.25, 0.3) is 5.91 Å². The molecule has 3 N–H and O–H groups in total. The number of hydrogen-bond acceptors (Lipinski definition) is 2. The van der Waals surface area contributed by atoms with Crippen LogP contribution in [-0.2, 0) is 0 Å². The lowest BCUT2D eigenvalue weighted by Crippen LogP contribution is -2.24. The number of aliphatic hydroxyl groups excluding tert-OH is 1. The molecule has 0 unspecified atom stereocenters. The third kappa shape index (κ3) is 3.51. The van der Waals surface area contributed by atoms with Crippen molar-refractivity contribution >= 4 is 21.8 Å². The molecule has 14 heavy (non-hydrogen) atoms. The lowest BCUT2D eigenvalue weighted by molar-refractivity contribution is 0.0947. The maximum absolute atomic E-state index is 11.4. The first-order chi connectivity index (χ1) is 6.74. The van der Waals surface area contributed by atoms with Crippen molar-refractivity contribution in [3.05, 3.63) is 22.4 Å². The van der Waals surface area contributed by atoms with Gasteiger partial charge in [-0.1, -0.05) is 0 Å². The molecule has 0 aliphatic rings. The van der Waals surface area contributed by atoms with Gasteiger partial charge in [-0.2, -0.15) is 0 Å². The molecule has 4 nitrogen and oxygen atoms in total. The number of aromatic amines is 1. The molecular weight excluding hydrogens is 248 g/mol. The zero-order valence-electron chi connectivity index (χ0n) is 7.72. The number of nitrogens with one attached hydrogen (secondary N) is 2. The van der Waals surface area contributed by atoms with Gasteiger partial charge in [0.15, 0.2) is 0 Å². The van der Waals surface area contributed by atoms with Crippen LogP contribution in [0, 0.1) is 0 Å². The predicted octanol–water partition coefficient (Wildman–Crippen LogP) is 1.28. The van der Waals surface area contributed by atoms with Gasteiger partial charge >= 0.3 is 0 Å². The molecule has 1 heterocycles. The molecule has 1 aromatic rings. The van der Waals surface area contributed by atoms with E-state index in [1.165, 1.54) is 0 Å². The van der Waals surface area contributed by atoms with Gasteiger partial charge in [0.05, 0.1) is 0 Å². The zero-order valence-corrected chi connectivity index (χ0v) is 9.30. The molecular formula is C9H13BrN2O2. The summed E-state index contributed by atoms with van der Waals surface area (Å²) >= 11 is 3.25. The normalized spacial score (nSPS) is 10.1. The van der Waals surface area contributed by atoms with E-state index in [0.717, 1.165) is 10.9 Å². The number of hydrogen-bond donors (Lipinski definition) is 3. The SMILES string of the molecule is O=C(NCCCCO)c1cc(Br)c[nH]1. The van der Waals surface area contributed by atoms with E-state index < -0.39 is 0 Å². The third-order valence-electron chi connectivity index (χ3n) is 1.76. The van der Waals surface area contributed by atoms with Crippen molar-refractivity contribution in [3.8, 4) is 0 Å². The quantitative estimate of drug-likeness (QED) is 0.699. The molecule has 0 spiro atoms. The summed E-state index contributed by atoms with van der Waals surface area (Å²) in [6.07, 6.45) is 3.22. The van der Waals surface area contributed by atoms with Crippen molar-refractivity contribution < 1.29 is 9.90 Å². The highest BCUT2D eigenvalue weighted by atomic mass is 79.9. The van der Waals surface area contributed by atoms with Gasteiger partial charge in [-0.05, 0) is 34.8 Å². The van der Waals surface area contributed by atoms with Gasteiger partial charge in [0, 0.05) is 23.8 Å². The Kier molecular flexibility index (Phi) is 4.69. The minimum absolute atomic E-state index is 0.117. The number of aromatic nitrogens is 1. The number of amides is 1. The van der Waals surface area contributed by atoms with Gasteiger partial charge in [-0.25, -0.2) is 0 Å². The average molecular weight is 261 g/mol. The topological polar surface area (TPSA) is 65.1 Å². The van der Waals surface area contributed by atoms with Crippen LogP contribution in [-0.4, -0.2) is 29.1 Å². The van der Waals surface area contributed by atoms with Crippen molar-refractivity contribution in [2.45, 2.75) is 12.8 Å². The van der Waals surface area contributed by atoms with E-state index >= 15 is 0 Å².